The first-order chi connectivity index (χ1) is 10.8. The van der Waals surface area contributed by atoms with E-state index in [1.165, 1.54) is 0 Å². The first-order valence-electron chi connectivity index (χ1n) is 8.32. The molecule has 0 bridgehead atoms. The monoisotopic (exact) mass is 314 g/mol. The number of carbonyl (C=O) groups excluding carboxylic acids is 2. The molecule has 0 radical (unpaired) electrons. The summed E-state index contributed by atoms with van der Waals surface area (Å²) in [4.78, 5) is 25.3. The molecule has 0 amide bonds. The Morgan fingerprint density at radius 2 is 1.91 bits per heavy atom. The minimum absolute atomic E-state index is 0.0238. The third-order valence-electron chi connectivity index (χ3n) is 4.16. The molecule has 124 valence electrons. The maximum atomic E-state index is 12.7. The van der Waals surface area contributed by atoms with Crippen molar-refractivity contribution >= 4 is 17.8 Å². The second-order valence-corrected chi connectivity index (χ2v) is 7.23. The van der Waals surface area contributed by atoms with Crippen LogP contribution < -0.4 is 0 Å². The van der Waals surface area contributed by atoms with Gasteiger partial charge in [0.25, 0.3) is 0 Å². The van der Waals surface area contributed by atoms with Crippen molar-refractivity contribution in [3.8, 4) is 0 Å². The van der Waals surface area contributed by atoms with Crippen molar-refractivity contribution < 1.29 is 14.3 Å². The van der Waals surface area contributed by atoms with Crippen molar-refractivity contribution in [3.05, 3.63) is 42.0 Å². The topological polar surface area (TPSA) is 43.4 Å². The summed E-state index contributed by atoms with van der Waals surface area (Å²) in [5.74, 6) is -0.344. The van der Waals surface area contributed by atoms with Crippen LogP contribution in [0.3, 0.4) is 0 Å². The van der Waals surface area contributed by atoms with E-state index in [1.54, 1.807) is 0 Å². The summed E-state index contributed by atoms with van der Waals surface area (Å²) in [6, 6.07) is 9.90. The van der Waals surface area contributed by atoms with Crippen LogP contribution >= 0.6 is 0 Å². The fraction of sp³-hybridized carbons (Fsp3) is 0.500. The van der Waals surface area contributed by atoms with E-state index in [9.17, 15) is 9.59 Å². The number of Topliss-reactive ketones (excluding diaryl/α,β-unsaturated/α-hetero) is 1. The molecule has 1 aromatic rings. The number of carbonyl (C=O) groups is 2. The molecule has 23 heavy (non-hydrogen) atoms. The Morgan fingerprint density at radius 3 is 2.52 bits per heavy atom. The molecule has 0 aromatic heterocycles. The van der Waals surface area contributed by atoms with Gasteiger partial charge in [-0.2, -0.15) is 0 Å². The molecule has 2 rings (SSSR count). The Morgan fingerprint density at radius 1 is 1.22 bits per heavy atom. The van der Waals surface area contributed by atoms with Gasteiger partial charge in [-0.25, -0.2) is 0 Å². The lowest BCUT2D eigenvalue weighted by molar-refractivity contribution is -0.172. The third-order valence-corrected chi connectivity index (χ3v) is 4.16. The summed E-state index contributed by atoms with van der Waals surface area (Å²) in [7, 11) is 0. The Bertz CT molecular complexity index is 581. The van der Waals surface area contributed by atoms with Crippen molar-refractivity contribution in [2.24, 2.45) is 5.41 Å². The van der Waals surface area contributed by atoms with Crippen molar-refractivity contribution in [2.45, 2.75) is 58.5 Å². The molecule has 0 unspecified atom stereocenters. The van der Waals surface area contributed by atoms with E-state index >= 15 is 0 Å². The number of hydrogen-bond donors (Lipinski definition) is 0. The molecule has 0 aliphatic heterocycles. The second-order valence-electron chi connectivity index (χ2n) is 7.23. The Kier molecular flexibility index (Phi) is 5.40. The molecule has 1 aliphatic rings. The minimum Gasteiger partial charge on any atom is -0.459 e. The number of esters is 1. The van der Waals surface area contributed by atoms with Gasteiger partial charge in [0.05, 0.1) is 0 Å². The van der Waals surface area contributed by atoms with Gasteiger partial charge in [-0.1, -0.05) is 48.9 Å². The van der Waals surface area contributed by atoms with E-state index in [0.717, 1.165) is 18.4 Å². The SMILES string of the molecule is CC(C)(C)OC(=O)[C@]1(C/C=C/c2ccccc2)CCCCC1=O. The van der Waals surface area contributed by atoms with Crippen LogP contribution in [-0.2, 0) is 14.3 Å². The number of benzene rings is 1. The van der Waals surface area contributed by atoms with Crippen molar-refractivity contribution in [1.29, 1.82) is 0 Å². The van der Waals surface area contributed by atoms with Gasteiger partial charge in [0.15, 0.2) is 5.78 Å². The molecular weight excluding hydrogens is 288 g/mol. The summed E-state index contributed by atoms with van der Waals surface area (Å²) >= 11 is 0. The quantitative estimate of drug-likeness (QED) is 0.604. The van der Waals surface area contributed by atoms with Crippen molar-refractivity contribution in [3.63, 3.8) is 0 Å². The number of ketones is 1. The van der Waals surface area contributed by atoms with E-state index in [4.69, 9.17) is 4.74 Å². The zero-order valence-electron chi connectivity index (χ0n) is 14.3. The summed E-state index contributed by atoms with van der Waals surface area (Å²) in [5.41, 5.74) is -0.517. The van der Waals surface area contributed by atoms with E-state index < -0.39 is 11.0 Å². The average Bonchev–Trinajstić information content (AvgIpc) is 2.48. The average molecular weight is 314 g/mol. The molecular formula is C20H26O3. The first-order valence-corrected chi connectivity index (χ1v) is 8.32. The smallest absolute Gasteiger partial charge is 0.320 e. The zero-order chi connectivity index (χ0) is 16.9. The standard InChI is InChI=1S/C20H26O3/c1-19(2,3)23-18(22)20(14-8-7-13-17(20)21)15-9-12-16-10-5-4-6-11-16/h4-6,9-12H,7-8,13-15H2,1-3H3/b12-9+/t20-/m0/s1. The molecule has 1 atom stereocenters. The zero-order valence-corrected chi connectivity index (χ0v) is 14.3. The van der Waals surface area contributed by atoms with Gasteiger partial charge in [-0.05, 0) is 45.6 Å². The largest absolute Gasteiger partial charge is 0.459 e. The lowest BCUT2D eigenvalue weighted by Gasteiger charge is -2.35. The maximum Gasteiger partial charge on any atom is 0.320 e. The fourth-order valence-corrected chi connectivity index (χ4v) is 2.94. The predicted molar refractivity (Wildman–Crippen MR) is 91.8 cm³/mol. The molecule has 1 aliphatic carbocycles. The Labute approximate surface area is 138 Å². The summed E-state index contributed by atoms with van der Waals surface area (Å²) < 4.78 is 5.56. The van der Waals surface area contributed by atoms with Crippen LogP contribution in [0.2, 0.25) is 0 Å². The van der Waals surface area contributed by atoms with E-state index in [0.29, 0.717) is 19.3 Å². The second kappa shape index (κ2) is 7.12. The molecule has 0 spiro atoms. The molecule has 1 aromatic carbocycles. The molecule has 0 saturated heterocycles. The number of rotatable bonds is 4. The van der Waals surface area contributed by atoms with E-state index in [1.807, 2.05) is 63.3 Å². The van der Waals surface area contributed by atoms with Gasteiger partial charge in [0.2, 0.25) is 0 Å². The number of allylic oxidation sites excluding steroid dienone is 1. The van der Waals surface area contributed by atoms with Gasteiger partial charge in [0, 0.05) is 6.42 Å². The molecule has 0 N–H and O–H groups in total. The highest BCUT2D eigenvalue weighted by Crippen LogP contribution is 2.39. The van der Waals surface area contributed by atoms with E-state index in [2.05, 4.69) is 0 Å². The van der Waals surface area contributed by atoms with Gasteiger partial charge in [0.1, 0.15) is 11.0 Å². The van der Waals surface area contributed by atoms with Crippen LogP contribution in [-0.4, -0.2) is 17.4 Å². The fourth-order valence-electron chi connectivity index (χ4n) is 2.94. The molecule has 3 heteroatoms. The summed E-state index contributed by atoms with van der Waals surface area (Å²) in [6.07, 6.45) is 7.13. The highest BCUT2D eigenvalue weighted by Gasteiger charge is 2.48. The highest BCUT2D eigenvalue weighted by atomic mass is 16.6. The van der Waals surface area contributed by atoms with Crippen LogP contribution in [0, 0.1) is 5.41 Å². The lowest BCUT2D eigenvalue weighted by atomic mass is 9.70. The van der Waals surface area contributed by atoms with Crippen LogP contribution in [0.1, 0.15) is 58.4 Å². The minimum atomic E-state index is -1.00. The number of ether oxygens (including phenoxy) is 1. The maximum absolute atomic E-state index is 12.7. The summed E-state index contributed by atoms with van der Waals surface area (Å²) in [5, 5.41) is 0. The predicted octanol–water partition coefficient (Wildman–Crippen LogP) is 4.56. The highest BCUT2D eigenvalue weighted by molar-refractivity contribution is 6.04. The number of hydrogen-bond acceptors (Lipinski definition) is 3. The van der Waals surface area contributed by atoms with Crippen LogP contribution in [0.25, 0.3) is 6.08 Å². The summed E-state index contributed by atoms with van der Waals surface area (Å²) in [6.45, 7) is 5.52. The molecule has 1 saturated carbocycles. The van der Waals surface area contributed by atoms with Crippen LogP contribution in [0.15, 0.2) is 36.4 Å². The third kappa shape index (κ3) is 4.54. The molecule has 3 nitrogen and oxygen atoms in total. The van der Waals surface area contributed by atoms with Gasteiger partial charge in [-0.15, -0.1) is 0 Å². The Balaban J connectivity index is 2.19. The van der Waals surface area contributed by atoms with Gasteiger partial charge >= 0.3 is 5.97 Å². The molecule has 0 heterocycles. The van der Waals surface area contributed by atoms with Gasteiger partial charge < -0.3 is 4.74 Å². The van der Waals surface area contributed by atoms with Crippen molar-refractivity contribution in [1.82, 2.24) is 0 Å². The Hall–Kier alpha value is -1.90. The van der Waals surface area contributed by atoms with Crippen molar-refractivity contribution in [2.75, 3.05) is 0 Å². The molecule has 1 fully saturated rings. The normalized spacial score (nSPS) is 22.3. The van der Waals surface area contributed by atoms with Crippen LogP contribution in [0.4, 0.5) is 0 Å². The first kappa shape index (κ1) is 17.5. The van der Waals surface area contributed by atoms with Gasteiger partial charge in [-0.3, -0.25) is 9.59 Å². The lowest BCUT2D eigenvalue weighted by Crippen LogP contribution is -2.45. The van der Waals surface area contributed by atoms with E-state index in [-0.39, 0.29) is 11.8 Å². The van der Waals surface area contributed by atoms with Crippen LogP contribution in [0.5, 0.6) is 0 Å².